The van der Waals surface area contributed by atoms with Gasteiger partial charge < -0.3 is 10.1 Å². The SMILES string of the molecule is C[C@H]1[C@H](C)CCC[C@@H]1NC(=O)COC(=O)c1cccc(S(=O)(=O)N2CCCCC2)c1. The third kappa shape index (κ3) is 5.40. The van der Waals surface area contributed by atoms with E-state index < -0.39 is 16.0 Å². The number of piperidine rings is 1. The molecule has 1 aliphatic heterocycles. The van der Waals surface area contributed by atoms with E-state index >= 15 is 0 Å². The minimum absolute atomic E-state index is 0.0771. The van der Waals surface area contributed by atoms with Gasteiger partial charge in [0.1, 0.15) is 0 Å². The predicted molar refractivity (Wildman–Crippen MR) is 113 cm³/mol. The van der Waals surface area contributed by atoms with Gasteiger partial charge in [-0.25, -0.2) is 13.2 Å². The van der Waals surface area contributed by atoms with E-state index in [0.717, 1.165) is 32.1 Å². The molecule has 2 aliphatic rings. The number of nitrogens with one attached hydrogen (secondary N) is 1. The van der Waals surface area contributed by atoms with Gasteiger partial charge in [0.15, 0.2) is 6.61 Å². The number of carbonyl (C=O) groups is 2. The summed E-state index contributed by atoms with van der Waals surface area (Å²) in [7, 11) is -3.63. The van der Waals surface area contributed by atoms with Crippen molar-refractivity contribution in [3.8, 4) is 0 Å². The molecule has 1 aromatic carbocycles. The standard InChI is InChI=1S/C22H32N2O5S/c1-16-8-6-11-20(17(16)2)23-21(25)15-29-22(26)18-9-7-10-19(14-18)30(27,28)24-12-4-3-5-13-24/h7,9-10,14,16-17,20H,3-6,8,11-13,15H2,1-2H3,(H,23,25)/t16-,17+,20+/m1/s1. The summed E-state index contributed by atoms with van der Waals surface area (Å²) in [6.45, 7) is 4.94. The molecule has 3 rings (SSSR count). The second-order valence-corrected chi connectivity index (χ2v) is 10.4. The van der Waals surface area contributed by atoms with E-state index in [4.69, 9.17) is 4.74 Å². The lowest BCUT2D eigenvalue weighted by molar-refractivity contribution is -0.125. The second-order valence-electron chi connectivity index (χ2n) is 8.51. The van der Waals surface area contributed by atoms with Crippen molar-refractivity contribution in [3.63, 3.8) is 0 Å². The molecule has 1 aromatic rings. The summed E-state index contributed by atoms with van der Waals surface area (Å²) >= 11 is 0. The van der Waals surface area contributed by atoms with Crippen molar-refractivity contribution in [2.24, 2.45) is 11.8 Å². The van der Waals surface area contributed by atoms with Crippen LogP contribution in [0.2, 0.25) is 0 Å². The van der Waals surface area contributed by atoms with Gasteiger partial charge in [-0.3, -0.25) is 4.79 Å². The fourth-order valence-electron chi connectivity index (χ4n) is 4.29. The van der Waals surface area contributed by atoms with Crippen molar-refractivity contribution >= 4 is 21.9 Å². The van der Waals surface area contributed by atoms with E-state index in [2.05, 4.69) is 19.2 Å². The molecule has 0 bridgehead atoms. The minimum atomic E-state index is -3.63. The first kappa shape index (κ1) is 22.7. The molecule has 166 valence electrons. The largest absolute Gasteiger partial charge is 0.452 e. The Morgan fingerprint density at radius 1 is 1.10 bits per heavy atom. The van der Waals surface area contributed by atoms with Crippen LogP contribution in [0.4, 0.5) is 0 Å². The van der Waals surface area contributed by atoms with Crippen LogP contribution in [-0.2, 0) is 19.6 Å². The summed E-state index contributed by atoms with van der Waals surface area (Å²) in [5.74, 6) is -0.0939. The first-order valence-corrected chi connectivity index (χ1v) is 12.3. The molecule has 1 saturated carbocycles. The number of hydrogen-bond acceptors (Lipinski definition) is 5. The number of amides is 1. The monoisotopic (exact) mass is 436 g/mol. The Balaban J connectivity index is 1.58. The molecule has 0 aromatic heterocycles. The third-order valence-electron chi connectivity index (χ3n) is 6.41. The van der Waals surface area contributed by atoms with Gasteiger partial charge in [-0.05, 0) is 49.3 Å². The zero-order chi connectivity index (χ0) is 21.7. The highest BCUT2D eigenvalue weighted by Crippen LogP contribution is 2.29. The third-order valence-corrected chi connectivity index (χ3v) is 8.30. The van der Waals surface area contributed by atoms with Crippen LogP contribution in [0.15, 0.2) is 29.2 Å². The van der Waals surface area contributed by atoms with Crippen LogP contribution in [0.5, 0.6) is 0 Å². The summed E-state index contributed by atoms with van der Waals surface area (Å²) in [6.07, 6.45) is 5.89. The van der Waals surface area contributed by atoms with Crippen molar-refractivity contribution in [1.29, 1.82) is 0 Å². The molecular formula is C22H32N2O5S. The lowest BCUT2D eigenvalue weighted by Crippen LogP contribution is -2.45. The molecule has 0 unspecified atom stereocenters. The summed E-state index contributed by atoms with van der Waals surface area (Å²) in [5, 5.41) is 2.97. The zero-order valence-electron chi connectivity index (χ0n) is 17.8. The topological polar surface area (TPSA) is 92.8 Å². The molecule has 0 spiro atoms. The molecule has 1 heterocycles. The highest BCUT2D eigenvalue weighted by Gasteiger charge is 2.29. The molecule has 2 fully saturated rings. The summed E-state index contributed by atoms with van der Waals surface area (Å²) in [5.41, 5.74) is 0.126. The molecule has 30 heavy (non-hydrogen) atoms. The van der Waals surface area contributed by atoms with Crippen LogP contribution < -0.4 is 5.32 Å². The maximum Gasteiger partial charge on any atom is 0.338 e. The van der Waals surface area contributed by atoms with Crippen molar-refractivity contribution in [2.75, 3.05) is 19.7 Å². The van der Waals surface area contributed by atoms with Gasteiger partial charge in [-0.2, -0.15) is 4.31 Å². The average molecular weight is 437 g/mol. The Labute approximate surface area is 179 Å². The average Bonchev–Trinajstić information content (AvgIpc) is 2.76. The minimum Gasteiger partial charge on any atom is -0.452 e. The fraction of sp³-hybridized carbons (Fsp3) is 0.636. The smallest absolute Gasteiger partial charge is 0.338 e. The summed E-state index contributed by atoms with van der Waals surface area (Å²) in [6, 6.07) is 5.94. The predicted octanol–water partition coefficient (Wildman–Crippen LogP) is 2.96. The van der Waals surface area contributed by atoms with Crippen LogP contribution in [0.3, 0.4) is 0 Å². The van der Waals surface area contributed by atoms with Crippen LogP contribution >= 0.6 is 0 Å². The Kier molecular flexibility index (Phi) is 7.52. The van der Waals surface area contributed by atoms with Crippen molar-refractivity contribution in [3.05, 3.63) is 29.8 Å². The van der Waals surface area contributed by atoms with Crippen molar-refractivity contribution in [1.82, 2.24) is 9.62 Å². The number of benzene rings is 1. The molecule has 0 radical (unpaired) electrons. The number of ether oxygens (including phenoxy) is 1. The number of hydrogen-bond donors (Lipinski definition) is 1. The first-order chi connectivity index (χ1) is 14.3. The van der Waals surface area contributed by atoms with Gasteiger partial charge in [-0.15, -0.1) is 0 Å². The maximum atomic E-state index is 12.8. The second kappa shape index (κ2) is 9.92. The van der Waals surface area contributed by atoms with E-state index in [-0.39, 0.29) is 29.0 Å². The Morgan fingerprint density at radius 2 is 1.83 bits per heavy atom. The number of carbonyl (C=O) groups excluding carboxylic acids is 2. The molecule has 1 amide bonds. The number of nitrogens with zero attached hydrogens (tertiary/aromatic N) is 1. The molecule has 1 aliphatic carbocycles. The first-order valence-electron chi connectivity index (χ1n) is 10.9. The maximum absolute atomic E-state index is 12.8. The van der Waals surface area contributed by atoms with Gasteiger partial charge in [0.2, 0.25) is 10.0 Å². The van der Waals surface area contributed by atoms with Gasteiger partial charge in [-0.1, -0.05) is 39.2 Å². The number of sulfonamides is 1. The normalized spacial score (nSPS) is 25.5. The van der Waals surface area contributed by atoms with Gasteiger partial charge >= 0.3 is 5.97 Å². The zero-order valence-corrected chi connectivity index (χ0v) is 18.6. The van der Waals surface area contributed by atoms with Crippen LogP contribution in [0.1, 0.15) is 62.7 Å². The lowest BCUT2D eigenvalue weighted by Gasteiger charge is -2.34. The van der Waals surface area contributed by atoms with Crippen LogP contribution in [-0.4, -0.2) is 50.3 Å². The number of esters is 1. The van der Waals surface area contributed by atoms with Crippen LogP contribution in [0.25, 0.3) is 0 Å². The van der Waals surface area contributed by atoms with E-state index in [0.29, 0.717) is 24.9 Å². The number of rotatable bonds is 6. The summed E-state index contributed by atoms with van der Waals surface area (Å²) in [4.78, 5) is 24.7. The van der Waals surface area contributed by atoms with E-state index in [1.54, 1.807) is 0 Å². The Morgan fingerprint density at radius 3 is 2.57 bits per heavy atom. The highest BCUT2D eigenvalue weighted by molar-refractivity contribution is 7.89. The Hall–Kier alpha value is -1.93. The van der Waals surface area contributed by atoms with Crippen molar-refractivity contribution in [2.45, 2.75) is 63.3 Å². The molecule has 1 saturated heterocycles. The van der Waals surface area contributed by atoms with Gasteiger partial charge in [0.05, 0.1) is 10.5 Å². The molecule has 8 heteroatoms. The van der Waals surface area contributed by atoms with E-state index in [9.17, 15) is 18.0 Å². The Bertz CT molecular complexity index is 864. The van der Waals surface area contributed by atoms with E-state index in [1.807, 2.05) is 0 Å². The molecule has 1 N–H and O–H groups in total. The summed E-state index contributed by atoms with van der Waals surface area (Å²) < 4.78 is 32.2. The van der Waals surface area contributed by atoms with Crippen molar-refractivity contribution < 1.29 is 22.7 Å². The van der Waals surface area contributed by atoms with E-state index in [1.165, 1.54) is 35.0 Å². The fourth-order valence-corrected chi connectivity index (χ4v) is 5.85. The lowest BCUT2D eigenvalue weighted by atomic mass is 9.78. The quantitative estimate of drug-likeness (QED) is 0.692. The highest BCUT2D eigenvalue weighted by atomic mass is 32.2. The molecular weight excluding hydrogens is 404 g/mol. The molecule has 7 nitrogen and oxygen atoms in total. The van der Waals surface area contributed by atoms with Crippen LogP contribution in [0, 0.1) is 11.8 Å². The van der Waals surface area contributed by atoms with Gasteiger partial charge in [0.25, 0.3) is 5.91 Å². The molecule has 3 atom stereocenters. The van der Waals surface area contributed by atoms with Gasteiger partial charge in [0, 0.05) is 19.1 Å².